The molecule has 23 heavy (non-hydrogen) atoms. The molecule has 0 bridgehead atoms. The summed E-state index contributed by atoms with van der Waals surface area (Å²) in [6, 6.07) is 9.50. The van der Waals surface area contributed by atoms with Crippen molar-refractivity contribution in [2.45, 2.75) is 6.92 Å². The Balaban J connectivity index is 1.86. The topological polar surface area (TPSA) is 91.2 Å². The maximum atomic E-state index is 11.6. The van der Waals surface area contributed by atoms with Crippen LogP contribution in [0.4, 0.5) is 0 Å². The molecule has 0 aliphatic heterocycles. The van der Waals surface area contributed by atoms with Crippen molar-refractivity contribution in [3.05, 3.63) is 52.5 Å². The van der Waals surface area contributed by atoms with Gasteiger partial charge in [0.05, 0.1) is 6.21 Å². The minimum Gasteiger partial charge on any atom is -0.504 e. The van der Waals surface area contributed by atoms with Gasteiger partial charge in [-0.25, -0.2) is 5.43 Å². The van der Waals surface area contributed by atoms with Crippen LogP contribution in [0.5, 0.6) is 17.2 Å². The third kappa shape index (κ3) is 4.62. The first-order chi connectivity index (χ1) is 11.0. The molecular weight excluding hydrogens is 320 g/mol. The number of ether oxygens (including phenoxy) is 1. The molecule has 0 unspecified atom stereocenters. The molecule has 0 heterocycles. The molecule has 1 amide bonds. The van der Waals surface area contributed by atoms with Gasteiger partial charge in [-0.1, -0.05) is 17.7 Å². The van der Waals surface area contributed by atoms with Crippen molar-refractivity contribution >= 4 is 23.7 Å². The molecule has 2 aromatic carbocycles. The van der Waals surface area contributed by atoms with Crippen molar-refractivity contribution in [2.24, 2.45) is 5.10 Å². The number of hydrazone groups is 1. The van der Waals surface area contributed by atoms with Crippen molar-refractivity contribution in [3.8, 4) is 17.2 Å². The molecule has 2 aromatic rings. The van der Waals surface area contributed by atoms with Gasteiger partial charge in [-0.2, -0.15) is 5.10 Å². The number of phenols is 2. The van der Waals surface area contributed by atoms with E-state index in [9.17, 15) is 15.0 Å². The summed E-state index contributed by atoms with van der Waals surface area (Å²) in [7, 11) is 0. The summed E-state index contributed by atoms with van der Waals surface area (Å²) in [5.74, 6) is -0.509. The number of nitrogens with one attached hydrogen (secondary N) is 1. The minimum atomic E-state index is -0.464. The first-order valence-electron chi connectivity index (χ1n) is 6.69. The van der Waals surface area contributed by atoms with E-state index in [1.165, 1.54) is 18.3 Å². The van der Waals surface area contributed by atoms with Crippen molar-refractivity contribution in [3.63, 3.8) is 0 Å². The zero-order valence-corrected chi connectivity index (χ0v) is 13.0. The van der Waals surface area contributed by atoms with Crippen LogP contribution in [0.25, 0.3) is 0 Å². The molecule has 0 fully saturated rings. The van der Waals surface area contributed by atoms with Gasteiger partial charge in [0.1, 0.15) is 5.75 Å². The number of hydrogen-bond acceptors (Lipinski definition) is 5. The average molecular weight is 335 g/mol. The Morgan fingerprint density at radius 1 is 1.35 bits per heavy atom. The van der Waals surface area contributed by atoms with Gasteiger partial charge in [0.15, 0.2) is 18.1 Å². The van der Waals surface area contributed by atoms with E-state index >= 15 is 0 Å². The summed E-state index contributed by atoms with van der Waals surface area (Å²) in [6.07, 6.45) is 1.22. The van der Waals surface area contributed by atoms with Gasteiger partial charge in [0.25, 0.3) is 5.91 Å². The minimum absolute atomic E-state index is 0.218. The molecule has 0 spiro atoms. The molecule has 0 saturated heterocycles. The van der Waals surface area contributed by atoms with Gasteiger partial charge in [-0.05, 0) is 42.8 Å². The fourth-order valence-electron chi connectivity index (χ4n) is 1.71. The molecule has 0 saturated carbocycles. The Hall–Kier alpha value is -2.73. The normalized spacial score (nSPS) is 10.7. The number of aromatic hydroxyl groups is 2. The van der Waals surface area contributed by atoms with Crippen LogP contribution in [0, 0.1) is 6.92 Å². The number of aryl methyl sites for hydroxylation is 1. The number of hydrogen-bond donors (Lipinski definition) is 3. The lowest BCUT2D eigenvalue weighted by molar-refractivity contribution is -0.123. The number of rotatable bonds is 5. The maximum Gasteiger partial charge on any atom is 0.277 e. The summed E-state index contributed by atoms with van der Waals surface area (Å²) in [5.41, 5.74) is 3.39. The fraction of sp³-hybridized carbons (Fsp3) is 0.125. The highest BCUT2D eigenvalue weighted by molar-refractivity contribution is 6.31. The summed E-state index contributed by atoms with van der Waals surface area (Å²) in [5, 5.41) is 23.2. The number of amides is 1. The summed E-state index contributed by atoms with van der Waals surface area (Å²) >= 11 is 5.90. The average Bonchev–Trinajstić information content (AvgIpc) is 2.52. The summed E-state index contributed by atoms with van der Waals surface area (Å²) in [4.78, 5) is 11.6. The Bertz CT molecular complexity index is 747. The fourth-order valence-corrected chi connectivity index (χ4v) is 1.83. The van der Waals surface area contributed by atoms with E-state index < -0.39 is 5.91 Å². The highest BCUT2D eigenvalue weighted by atomic mass is 35.5. The van der Waals surface area contributed by atoms with Crippen molar-refractivity contribution < 1.29 is 19.7 Å². The van der Waals surface area contributed by atoms with Crippen LogP contribution in [-0.2, 0) is 4.79 Å². The number of carbonyl (C=O) groups is 1. The molecule has 0 aromatic heterocycles. The van der Waals surface area contributed by atoms with Crippen molar-refractivity contribution in [1.82, 2.24) is 5.43 Å². The quantitative estimate of drug-likeness (QED) is 0.445. The smallest absolute Gasteiger partial charge is 0.277 e. The SMILES string of the molecule is Cc1cc(OCC(=O)N/N=C/c2cccc(O)c2O)ccc1Cl. The van der Waals surface area contributed by atoms with Crippen LogP contribution in [-0.4, -0.2) is 28.9 Å². The van der Waals surface area contributed by atoms with Gasteiger partial charge in [-0.15, -0.1) is 0 Å². The third-order valence-corrected chi connectivity index (χ3v) is 3.36. The van der Waals surface area contributed by atoms with Crippen LogP contribution in [0.2, 0.25) is 5.02 Å². The Labute approximate surface area is 138 Å². The molecule has 120 valence electrons. The standard InChI is InChI=1S/C16H15ClN2O4/c1-10-7-12(5-6-13(10)17)23-9-15(21)19-18-8-11-3-2-4-14(20)16(11)22/h2-8,20,22H,9H2,1H3,(H,19,21)/b18-8+. The van der Waals surface area contributed by atoms with E-state index in [4.69, 9.17) is 16.3 Å². The van der Waals surface area contributed by atoms with Crippen LogP contribution in [0.15, 0.2) is 41.5 Å². The number of benzene rings is 2. The number of carbonyl (C=O) groups excluding carboxylic acids is 1. The lowest BCUT2D eigenvalue weighted by atomic mass is 10.2. The van der Waals surface area contributed by atoms with Crippen LogP contribution in [0.1, 0.15) is 11.1 Å². The summed E-state index contributed by atoms with van der Waals surface area (Å²) in [6.45, 7) is 1.62. The lowest BCUT2D eigenvalue weighted by Gasteiger charge is -2.06. The number of halogens is 1. The molecule has 3 N–H and O–H groups in total. The van der Waals surface area contributed by atoms with E-state index in [0.29, 0.717) is 10.8 Å². The predicted molar refractivity (Wildman–Crippen MR) is 87.2 cm³/mol. The van der Waals surface area contributed by atoms with Gasteiger partial charge < -0.3 is 14.9 Å². The first kappa shape index (κ1) is 16.6. The van der Waals surface area contributed by atoms with Crippen molar-refractivity contribution in [1.29, 1.82) is 0 Å². The molecule has 6 nitrogen and oxygen atoms in total. The highest BCUT2D eigenvalue weighted by Crippen LogP contribution is 2.26. The zero-order valence-electron chi connectivity index (χ0n) is 12.3. The van der Waals surface area contributed by atoms with E-state index in [-0.39, 0.29) is 23.7 Å². The zero-order chi connectivity index (χ0) is 16.8. The predicted octanol–water partition coefficient (Wildman–Crippen LogP) is 2.59. The maximum absolute atomic E-state index is 11.6. The molecule has 7 heteroatoms. The molecular formula is C16H15ClN2O4. The second-order valence-corrected chi connectivity index (χ2v) is 5.12. The van der Waals surface area contributed by atoms with E-state index in [1.54, 1.807) is 24.3 Å². The van der Waals surface area contributed by atoms with Crippen LogP contribution in [0.3, 0.4) is 0 Å². The van der Waals surface area contributed by atoms with E-state index in [0.717, 1.165) is 5.56 Å². The monoisotopic (exact) mass is 334 g/mol. The van der Waals surface area contributed by atoms with Crippen LogP contribution < -0.4 is 10.2 Å². The number of phenolic OH excluding ortho intramolecular Hbond substituents is 2. The molecule has 2 rings (SSSR count). The van der Waals surface area contributed by atoms with Gasteiger partial charge in [0, 0.05) is 10.6 Å². The number of para-hydroxylation sites is 1. The molecule has 0 atom stereocenters. The summed E-state index contributed by atoms with van der Waals surface area (Å²) < 4.78 is 5.32. The molecule has 0 radical (unpaired) electrons. The Kier molecular flexibility index (Phi) is 5.43. The number of nitrogens with zero attached hydrogens (tertiary/aromatic N) is 1. The Morgan fingerprint density at radius 3 is 2.87 bits per heavy atom. The van der Waals surface area contributed by atoms with E-state index in [1.807, 2.05) is 6.92 Å². The second kappa shape index (κ2) is 7.51. The van der Waals surface area contributed by atoms with E-state index in [2.05, 4.69) is 10.5 Å². The van der Waals surface area contributed by atoms with Crippen LogP contribution >= 0.6 is 11.6 Å². The largest absolute Gasteiger partial charge is 0.504 e. The second-order valence-electron chi connectivity index (χ2n) is 4.71. The lowest BCUT2D eigenvalue weighted by Crippen LogP contribution is -2.24. The molecule has 0 aliphatic carbocycles. The Morgan fingerprint density at radius 2 is 2.13 bits per heavy atom. The highest BCUT2D eigenvalue weighted by Gasteiger charge is 2.05. The van der Waals surface area contributed by atoms with Gasteiger partial charge >= 0.3 is 0 Å². The van der Waals surface area contributed by atoms with Crippen molar-refractivity contribution in [2.75, 3.05) is 6.61 Å². The molecule has 0 aliphatic rings. The van der Waals surface area contributed by atoms with Gasteiger partial charge in [0.2, 0.25) is 0 Å². The third-order valence-electron chi connectivity index (χ3n) is 2.94. The first-order valence-corrected chi connectivity index (χ1v) is 7.07. The van der Waals surface area contributed by atoms with Gasteiger partial charge in [-0.3, -0.25) is 4.79 Å².